The Morgan fingerprint density at radius 2 is 1.85 bits per heavy atom. The number of nitrogens with zero attached hydrogens (tertiary/aromatic N) is 4. The lowest BCUT2D eigenvalue weighted by atomic mass is 9.93. The number of fused-ring (bicyclic) bond motifs is 1. The Balaban J connectivity index is 1.28. The maximum atomic E-state index is 12.3. The van der Waals surface area contributed by atoms with Gasteiger partial charge in [-0.1, -0.05) is 0 Å². The molecule has 2 aliphatic heterocycles. The maximum Gasteiger partial charge on any atom is 0.267 e. The first-order valence-electron chi connectivity index (χ1n) is 10.1. The van der Waals surface area contributed by atoms with Crippen LogP contribution < -0.4 is 5.56 Å². The zero-order valence-corrected chi connectivity index (χ0v) is 15.8. The van der Waals surface area contributed by atoms with Crippen molar-refractivity contribution in [2.24, 2.45) is 11.8 Å². The first-order valence-corrected chi connectivity index (χ1v) is 10.1. The van der Waals surface area contributed by atoms with Gasteiger partial charge < -0.3 is 9.80 Å². The fourth-order valence-corrected chi connectivity index (χ4v) is 4.78. The molecule has 0 bridgehead atoms. The van der Waals surface area contributed by atoms with E-state index in [1.54, 1.807) is 4.68 Å². The molecule has 6 nitrogen and oxygen atoms in total. The van der Waals surface area contributed by atoms with Crippen LogP contribution in [-0.2, 0) is 24.2 Å². The second-order valence-corrected chi connectivity index (χ2v) is 8.41. The van der Waals surface area contributed by atoms with E-state index < -0.39 is 0 Å². The van der Waals surface area contributed by atoms with Crippen LogP contribution in [0.25, 0.3) is 0 Å². The third-order valence-electron chi connectivity index (χ3n) is 6.40. The number of carbonyl (C=O) groups is 1. The Bertz CT molecular complexity index is 721. The number of likely N-dealkylation sites (tertiary alicyclic amines) is 2. The highest BCUT2D eigenvalue weighted by Gasteiger charge is 2.27. The zero-order chi connectivity index (χ0) is 18.1. The number of carbonyl (C=O) groups excluding carboxylic acids is 1. The largest absolute Gasteiger partial charge is 0.345 e. The topological polar surface area (TPSA) is 58.4 Å². The Hall–Kier alpha value is -1.69. The van der Waals surface area contributed by atoms with Crippen LogP contribution >= 0.6 is 0 Å². The molecule has 26 heavy (non-hydrogen) atoms. The van der Waals surface area contributed by atoms with E-state index >= 15 is 0 Å². The molecule has 0 saturated carbocycles. The first-order chi connectivity index (χ1) is 12.6. The van der Waals surface area contributed by atoms with Crippen molar-refractivity contribution in [1.82, 2.24) is 19.6 Å². The highest BCUT2D eigenvalue weighted by molar-refractivity contribution is 5.76. The standard InChI is InChI=1S/C20H30N4O2/c1-22-12-16(5-6-19(22)25)13-23-9-7-15(8-10-23)14-24-20(26)11-17-3-2-4-18(17)21-24/h11,15-16H,2-10,12-14H2,1H3. The number of amides is 1. The predicted octanol–water partition coefficient (Wildman–Crippen LogP) is 1.31. The van der Waals surface area contributed by atoms with Crippen LogP contribution in [0.1, 0.15) is 43.4 Å². The molecule has 1 aliphatic carbocycles. The molecule has 1 aromatic rings. The van der Waals surface area contributed by atoms with E-state index in [1.807, 2.05) is 18.0 Å². The van der Waals surface area contributed by atoms with E-state index in [2.05, 4.69) is 10.00 Å². The molecule has 3 heterocycles. The minimum Gasteiger partial charge on any atom is -0.345 e. The number of piperidine rings is 2. The molecule has 1 unspecified atom stereocenters. The van der Waals surface area contributed by atoms with Gasteiger partial charge in [0.25, 0.3) is 5.56 Å². The molecule has 1 amide bonds. The van der Waals surface area contributed by atoms with Crippen LogP contribution in [0.15, 0.2) is 10.9 Å². The van der Waals surface area contributed by atoms with E-state index in [-0.39, 0.29) is 11.5 Å². The Morgan fingerprint density at radius 3 is 2.62 bits per heavy atom. The molecule has 3 aliphatic rings. The fourth-order valence-electron chi connectivity index (χ4n) is 4.78. The van der Waals surface area contributed by atoms with Crippen LogP contribution in [0, 0.1) is 11.8 Å². The van der Waals surface area contributed by atoms with Crippen LogP contribution in [0.2, 0.25) is 0 Å². The van der Waals surface area contributed by atoms with Gasteiger partial charge >= 0.3 is 0 Å². The summed E-state index contributed by atoms with van der Waals surface area (Å²) in [4.78, 5) is 28.3. The van der Waals surface area contributed by atoms with Gasteiger partial charge in [-0.05, 0) is 69.0 Å². The maximum absolute atomic E-state index is 12.3. The van der Waals surface area contributed by atoms with E-state index in [0.717, 1.165) is 82.5 Å². The summed E-state index contributed by atoms with van der Waals surface area (Å²) in [5, 5.41) is 4.63. The van der Waals surface area contributed by atoms with Crippen molar-refractivity contribution >= 4 is 5.91 Å². The summed E-state index contributed by atoms with van der Waals surface area (Å²) in [6.45, 7) is 4.95. The molecule has 1 aromatic heterocycles. The lowest BCUT2D eigenvalue weighted by molar-refractivity contribution is -0.133. The van der Waals surface area contributed by atoms with Gasteiger partial charge in [0.2, 0.25) is 5.91 Å². The highest BCUT2D eigenvalue weighted by Crippen LogP contribution is 2.23. The molecule has 6 heteroatoms. The minimum atomic E-state index is 0.0722. The van der Waals surface area contributed by atoms with E-state index in [4.69, 9.17) is 0 Å². The summed E-state index contributed by atoms with van der Waals surface area (Å²) >= 11 is 0. The van der Waals surface area contributed by atoms with Gasteiger partial charge in [-0.25, -0.2) is 4.68 Å². The van der Waals surface area contributed by atoms with Gasteiger partial charge in [-0.2, -0.15) is 5.10 Å². The van der Waals surface area contributed by atoms with Crippen molar-refractivity contribution in [2.75, 3.05) is 33.2 Å². The smallest absolute Gasteiger partial charge is 0.267 e. The average molecular weight is 358 g/mol. The first kappa shape index (κ1) is 17.7. The molecule has 0 aromatic carbocycles. The van der Waals surface area contributed by atoms with Gasteiger partial charge in [0.15, 0.2) is 0 Å². The monoisotopic (exact) mass is 358 g/mol. The van der Waals surface area contributed by atoms with E-state index in [9.17, 15) is 9.59 Å². The van der Waals surface area contributed by atoms with Crippen LogP contribution in [-0.4, -0.2) is 58.7 Å². The van der Waals surface area contributed by atoms with Crippen LogP contribution in [0.4, 0.5) is 0 Å². The van der Waals surface area contributed by atoms with Gasteiger partial charge in [-0.15, -0.1) is 0 Å². The lowest BCUT2D eigenvalue weighted by Crippen LogP contribution is -2.44. The van der Waals surface area contributed by atoms with Gasteiger partial charge in [0.05, 0.1) is 5.69 Å². The van der Waals surface area contributed by atoms with Crippen LogP contribution in [0.3, 0.4) is 0 Å². The van der Waals surface area contributed by atoms with Crippen molar-refractivity contribution in [3.05, 3.63) is 27.7 Å². The van der Waals surface area contributed by atoms with Crippen molar-refractivity contribution < 1.29 is 4.79 Å². The van der Waals surface area contributed by atoms with Gasteiger partial charge in [0.1, 0.15) is 0 Å². The molecule has 1 atom stereocenters. The number of hydrogen-bond donors (Lipinski definition) is 0. The normalized spacial score (nSPS) is 24.9. The molecule has 2 fully saturated rings. The minimum absolute atomic E-state index is 0.0722. The number of rotatable bonds is 4. The quantitative estimate of drug-likeness (QED) is 0.814. The molecule has 4 rings (SSSR count). The molecule has 2 saturated heterocycles. The molecule has 0 radical (unpaired) electrons. The third-order valence-corrected chi connectivity index (χ3v) is 6.40. The fraction of sp³-hybridized carbons (Fsp3) is 0.750. The van der Waals surface area contributed by atoms with Gasteiger partial charge in [0, 0.05) is 39.2 Å². The van der Waals surface area contributed by atoms with Crippen molar-refractivity contribution in [2.45, 2.75) is 51.5 Å². The van der Waals surface area contributed by atoms with Crippen LogP contribution in [0.5, 0.6) is 0 Å². The Labute approximate surface area is 155 Å². The summed E-state index contributed by atoms with van der Waals surface area (Å²) in [6.07, 6.45) is 7.15. The second kappa shape index (κ2) is 7.51. The molecule has 0 spiro atoms. The van der Waals surface area contributed by atoms with E-state index in [1.165, 1.54) is 0 Å². The van der Waals surface area contributed by atoms with E-state index in [0.29, 0.717) is 18.3 Å². The number of hydrogen-bond acceptors (Lipinski definition) is 4. The molecular formula is C20H30N4O2. The summed E-state index contributed by atoms with van der Waals surface area (Å²) in [6, 6.07) is 1.81. The average Bonchev–Trinajstić information content (AvgIpc) is 3.07. The molecule has 142 valence electrons. The predicted molar refractivity (Wildman–Crippen MR) is 100 cm³/mol. The number of aromatic nitrogens is 2. The summed E-state index contributed by atoms with van der Waals surface area (Å²) in [5.41, 5.74) is 2.37. The Kier molecular flexibility index (Phi) is 5.11. The Morgan fingerprint density at radius 1 is 1.04 bits per heavy atom. The molecular weight excluding hydrogens is 328 g/mol. The lowest BCUT2D eigenvalue weighted by Gasteiger charge is -2.37. The third kappa shape index (κ3) is 3.85. The van der Waals surface area contributed by atoms with Crippen molar-refractivity contribution in [1.29, 1.82) is 0 Å². The highest BCUT2D eigenvalue weighted by atomic mass is 16.2. The SMILES string of the molecule is CN1CC(CN2CCC(Cn3nc4c(cc3=O)CCC4)CC2)CCC1=O. The second-order valence-electron chi connectivity index (χ2n) is 8.41. The summed E-state index contributed by atoms with van der Waals surface area (Å²) in [7, 11) is 1.92. The summed E-state index contributed by atoms with van der Waals surface area (Å²) in [5.74, 6) is 1.44. The number of aryl methyl sites for hydroxylation is 2. The van der Waals surface area contributed by atoms with Gasteiger partial charge in [-0.3, -0.25) is 9.59 Å². The van der Waals surface area contributed by atoms with Crippen molar-refractivity contribution in [3.8, 4) is 0 Å². The molecule has 0 N–H and O–H groups in total. The zero-order valence-electron chi connectivity index (χ0n) is 15.8. The summed E-state index contributed by atoms with van der Waals surface area (Å²) < 4.78 is 1.71. The van der Waals surface area contributed by atoms with Crippen molar-refractivity contribution in [3.63, 3.8) is 0 Å².